The number of rotatable bonds is 4. The van der Waals surface area contributed by atoms with Gasteiger partial charge in [0.25, 0.3) is 0 Å². The molecule has 2 N–H and O–H groups in total. The first kappa shape index (κ1) is 23.1. The van der Waals surface area contributed by atoms with E-state index in [2.05, 4.69) is 30.4 Å². The number of nitrogens with one attached hydrogen (secondary N) is 2. The SMILES string of the molecule is Fc1cc(N2CC3CC2CN3)cc(F)c1-c1ccnc2c(-c3ccc(F)c4[nH]ncc34)c(-c3ccncc3)nn12. The number of aromatic nitrogens is 6. The lowest BCUT2D eigenvalue weighted by Crippen LogP contribution is -2.43. The Morgan fingerprint density at radius 3 is 2.48 bits per heavy atom. The van der Waals surface area contributed by atoms with Gasteiger partial charge in [0.05, 0.1) is 23.0 Å². The van der Waals surface area contributed by atoms with Crippen LogP contribution in [-0.2, 0) is 0 Å². The molecule has 0 aliphatic carbocycles. The van der Waals surface area contributed by atoms with Crippen LogP contribution in [0, 0.1) is 17.5 Å². The molecule has 2 aromatic carbocycles. The van der Waals surface area contributed by atoms with Gasteiger partial charge >= 0.3 is 0 Å². The van der Waals surface area contributed by atoms with Gasteiger partial charge in [-0.15, -0.1) is 0 Å². The van der Waals surface area contributed by atoms with E-state index in [1.807, 2.05) is 0 Å². The highest BCUT2D eigenvalue weighted by molar-refractivity contribution is 6.03. The zero-order valence-corrected chi connectivity index (χ0v) is 20.9. The van der Waals surface area contributed by atoms with Crippen LogP contribution in [-0.4, -0.2) is 55.0 Å². The van der Waals surface area contributed by atoms with Crippen LogP contribution in [0.3, 0.4) is 0 Å². The van der Waals surface area contributed by atoms with Gasteiger partial charge in [0.15, 0.2) is 5.65 Å². The number of nitrogens with zero attached hydrogens (tertiary/aromatic N) is 6. The fourth-order valence-electron chi connectivity index (χ4n) is 6.16. The van der Waals surface area contributed by atoms with Gasteiger partial charge in [0, 0.05) is 60.4 Å². The fourth-order valence-corrected chi connectivity index (χ4v) is 6.16. The zero-order chi connectivity index (χ0) is 27.0. The van der Waals surface area contributed by atoms with Crippen LogP contribution in [0.5, 0.6) is 0 Å². The minimum Gasteiger partial charge on any atom is -0.365 e. The van der Waals surface area contributed by atoms with Crippen molar-refractivity contribution in [1.82, 2.24) is 35.1 Å². The molecule has 2 fully saturated rings. The van der Waals surface area contributed by atoms with Crippen LogP contribution in [0.25, 0.3) is 50.2 Å². The van der Waals surface area contributed by atoms with E-state index in [1.165, 1.54) is 35.1 Å². The molecule has 0 spiro atoms. The molecule has 2 bridgehead atoms. The van der Waals surface area contributed by atoms with E-state index in [4.69, 9.17) is 5.10 Å². The number of hydrogen-bond acceptors (Lipinski definition) is 6. The maximum Gasteiger partial charge on any atom is 0.164 e. The molecule has 2 unspecified atom stereocenters. The van der Waals surface area contributed by atoms with E-state index >= 15 is 8.78 Å². The van der Waals surface area contributed by atoms with Crippen LogP contribution in [0.15, 0.2) is 67.3 Å². The first-order valence-electron chi connectivity index (χ1n) is 13.0. The normalized spacial score (nSPS) is 18.4. The molecule has 6 heterocycles. The van der Waals surface area contributed by atoms with Crippen molar-refractivity contribution in [2.75, 3.05) is 18.0 Å². The number of H-pyrrole nitrogens is 1. The Labute approximate surface area is 225 Å². The molecular formula is C29H21F3N8. The summed E-state index contributed by atoms with van der Waals surface area (Å²) in [5.41, 5.74) is 3.60. The quantitative estimate of drug-likeness (QED) is 0.330. The average molecular weight is 539 g/mol. The summed E-state index contributed by atoms with van der Waals surface area (Å²) >= 11 is 0. The molecule has 11 heteroatoms. The van der Waals surface area contributed by atoms with Crippen molar-refractivity contribution in [2.45, 2.75) is 18.5 Å². The molecule has 8 nitrogen and oxygen atoms in total. The van der Waals surface area contributed by atoms with Gasteiger partial charge in [-0.2, -0.15) is 10.2 Å². The Bertz CT molecular complexity index is 1910. The Morgan fingerprint density at radius 2 is 1.73 bits per heavy atom. The molecule has 0 amide bonds. The predicted molar refractivity (Wildman–Crippen MR) is 144 cm³/mol. The average Bonchev–Trinajstić information content (AvgIpc) is 3.77. The molecule has 198 valence electrons. The maximum absolute atomic E-state index is 15.8. The topological polar surface area (TPSA) is 87.0 Å². The Morgan fingerprint density at radius 1 is 0.900 bits per heavy atom. The van der Waals surface area contributed by atoms with Crippen molar-refractivity contribution in [3.8, 4) is 33.6 Å². The van der Waals surface area contributed by atoms with Crippen molar-refractivity contribution in [3.05, 3.63) is 84.7 Å². The number of pyridine rings is 1. The number of hydrogen-bond donors (Lipinski definition) is 2. The van der Waals surface area contributed by atoms with Crippen molar-refractivity contribution in [2.24, 2.45) is 0 Å². The molecule has 40 heavy (non-hydrogen) atoms. The number of fused-ring (bicyclic) bond motifs is 4. The van der Waals surface area contributed by atoms with Crippen LogP contribution in [0.4, 0.5) is 18.9 Å². The molecule has 2 aliphatic rings. The molecule has 0 radical (unpaired) electrons. The molecule has 0 saturated carbocycles. The third-order valence-corrected chi connectivity index (χ3v) is 7.98. The second-order valence-electron chi connectivity index (χ2n) is 10.2. The second-order valence-corrected chi connectivity index (χ2v) is 10.2. The third-order valence-electron chi connectivity index (χ3n) is 7.98. The van der Waals surface area contributed by atoms with Gasteiger partial charge in [-0.1, -0.05) is 6.07 Å². The summed E-state index contributed by atoms with van der Waals surface area (Å²) in [6.45, 7) is 1.53. The van der Waals surface area contributed by atoms with Crippen molar-refractivity contribution < 1.29 is 13.2 Å². The molecule has 2 atom stereocenters. The zero-order valence-electron chi connectivity index (χ0n) is 20.9. The highest BCUT2D eigenvalue weighted by Gasteiger charge is 2.38. The number of aromatic amines is 1. The molecule has 2 aliphatic heterocycles. The number of halogens is 3. The smallest absolute Gasteiger partial charge is 0.164 e. The number of benzene rings is 2. The van der Waals surface area contributed by atoms with Gasteiger partial charge in [0.2, 0.25) is 0 Å². The standard InChI is InChI=1S/C29H21F3N8/c30-21-2-1-19(20-13-36-37-28(20)21)25-27(15-3-6-33-7-4-15)38-40-24(5-8-34-29(25)40)26-22(31)10-17(11-23(26)32)39-14-16-9-18(39)12-35-16/h1-8,10-11,13,16,18,35H,9,12,14H2,(H,36,37). The minimum absolute atomic E-state index is 0.193. The molecule has 8 rings (SSSR count). The fraction of sp³-hybridized carbons (Fsp3) is 0.172. The van der Waals surface area contributed by atoms with Gasteiger partial charge in [-0.25, -0.2) is 22.7 Å². The molecule has 6 aromatic rings. The van der Waals surface area contributed by atoms with Crippen molar-refractivity contribution in [3.63, 3.8) is 0 Å². The van der Waals surface area contributed by atoms with E-state index in [0.29, 0.717) is 39.6 Å². The van der Waals surface area contributed by atoms with Gasteiger partial charge < -0.3 is 10.2 Å². The maximum atomic E-state index is 15.8. The lowest BCUT2D eigenvalue weighted by atomic mass is 9.98. The van der Waals surface area contributed by atoms with Crippen LogP contribution in [0.1, 0.15) is 6.42 Å². The van der Waals surface area contributed by atoms with E-state index in [1.54, 1.807) is 36.7 Å². The van der Waals surface area contributed by atoms with Crippen molar-refractivity contribution in [1.29, 1.82) is 0 Å². The monoisotopic (exact) mass is 538 g/mol. The summed E-state index contributed by atoms with van der Waals surface area (Å²) in [6.07, 6.45) is 7.27. The van der Waals surface area contributed by atoms with Gasteiger partial charge in [-0.3, -0.25) is 10.1 Å². The summed E-state index contributed by atoms with van der Waals surface area (Å²) in [5, 5.41) is 15.5. The number of anilines is 1. The lowest BCUT2D eigenvalue weighted by molar-refractivity contribution is 0.566. The van der Waals surface area contributed by atoms with Crippen LogP contribution >= 0.6 is 0 Å². The molecular weight excluding hydrogens is 517 g/mol. The number of piperazine rings is 1. The first-order valence-corrected chi connectivity index (χ1v) is 13.0. The highest BCUT2D eigenvalue weighted by Crippen LogP contribution is 2.41. The van der Waals surface area contributed by atoms with E-state index < -0.39 is 17.5 Å². The summed E-state index contributed by atoms with van der Waals surface area (Å²) in [6, 6.07) is 11.5. The van der Waals surface area contributed by atoms with Crippen LogP contribution in [0.2, 0.25) is 0 Å². The van der Waals surface area contributed by atoms with E-state index in [0.717, 1.165) is 25.1 Å². The summed E-state index contributed by atoms with van der Waals surface area (Å²) in [5.74, 6) is -1.81. The molecule has 4 aromatic heterocycles. The second kappa shape index (κ2) is 8.62. The van der Waals surface area contributed by atoms with E-state index in [9.17, 15) is 4.39 Å². The molecule has 2 saturated heterocycles. The third kappa shape index (κ3) is 3.37. The van der Waals surface area contributed by atoms with Crippen LogP contribution < -0.4 is 10.2 Å². The summed E-state index contributed by atoms with van der Waals surface area (Å²) in [7, 11) is 0. The lowest BCUT2D eigenvalue weighted by Gasteiger charge is -2.30. The first-order chi connectivity index (χ1) is 19.6. The highest BCUT2D eigenvalue weighted by atomic mass is 19.1. The summed E-state index contributed by atoms with van der Waals surface area (Å²) < 4.78 is 47.5. The van der Waals surface area contributed by atoms with Crippen molar-refractivity contribution >= 4 is 22.2 Å². The van der Waals surface area contributed by atoms with Gasteiger partial charge in [-0.05, 0) is 48.4 Å². The van der Waals surface area contributed by atoms with Gasteiger partial charge in [0.1, 0.15) is 28.7 Å². The Balaban J connectivity index is 1.36. The Hall–Kier alpha value is -4.77. The largest absolute Gasteiger partial charge is 0.365 e. The summed E-state index contributed by atoms with van der Waals surface area (Å²) in [4.78, 5) is 10.7. The van der Waals surface area contributed by atoms with E-state index in [-0.39, 0.29) is 22.8 Å². The predicted octanol–water partition coefficient (Wildman–Crippen LogP) is 4.97. The Kier molecular flexibility index (Phi) is 4.99. The minimum atomic E-state index is -0.681.